The Hall–Kier alpha value is -1.82. The van der Waals surface area contributed by atoms with E-state index in [2.05, 4.69) is 4.90 Å². The van der Waals surface area contributed by atoms with Gasteiger partial charge in [0.1, 0.15) is 11.4 Å². The van der Waals surface area contributed by atoms with E-state index in [0.29, 0.717) is 23.3 Å². The molecule has 6 heteroatoms. The minimum Gasteiger partial charge on any atom is -0.497 e. The molecule has 0 bridgehead atoms. The van der Waals surface area contributed by atoms with Crippen LogP contribution in [-0.2, 0) is 0 Å². The third kappa shape index (κ3) is 2.10. The molecule has 2 N–H and O–H groups in total. The van der Waals surface area contributed by atoms with Crippen molar-refractivity contribution < 1.29 is 9.66 Å². The summed E-state index contributed by atoms with van der Waals surface area (Å²) in [6.45, 7) is 1.66. The van der Waals surface area contributed by atoms with E-state index < -0.39 is 0 Å². The van der Waals surface area contributed by atoms with Gasteiger partial charge in [0.15, 0.2) is 0 Å². The number of methoxy groups -OCH3 is 1. The SMILES string of the molecule is COc1ccc([N+](=O)[O-])c(N2CC3CCC(N)C3C2)c1. The van der Waals surface area contributed by atoms with Crippen molar-refractivity contribution in [3.05, 3.63) is 28.3 Å². The lowest BCUT2D eigenvalue weighted by molar-refractivity contribution is -0.384. The molecular weight excluding hydrogens is 258 g/mol. The van der Waals surface area contributed by atoms with Crippen molar-refractivity contribution in [3.8, 4) is 5.75 Å². The molecule has 1 aromatic rings. The molecule has 1 saturated carbocycles. The van der Waals surface area contributed by atoms with Crippen LogP contribution in [0.3, 0.4) is 0 Å². The number of nitro benzene ring substituents is 1. The summed E-state index contributed by atoms with van der Waals surface area (Å²) in [6.07, 6.45) is 2.20. The van der Waals surface area contributed by atoms with Gasteiger partial charge in [-0.05, 0) is 30.7 Å². The van der Waals surface area contributed by atoms with E-state index in [-0.39, 0.29) is 16.7 Å². The van der Waals surface area contributed by atoms with Gasteiger partial charge in [0, 0.05) is 31.3 Å². The maximum atomic E-state index is 11.2. The molecule has 0 amide bonds. The second-order valence-corrected chi connectivity index (χ2v) is 5.68. The van der Waals surface area contributed by atoms with Crippen molar-refractivity contribution in [1.82, 2.24) is 0 Å². The molecule has 2 fully saturated rings. The van der Waals surface area contributed by atoms with Crippen molar-refractivity contribution in [3.63, 3.8) is 0 Å². The summed E-state index contributed by atoms with van der Waals surface area (Å²) in [5.74, 6) is 1.67. The average Bonchev–Trinajstić information content (AvgIpc) is 3.00. The molecule has 1 aliphatic heterocycles. The zero-order valence-corrected chi connectivity index (χ0v) is 11.5. The number of hydrogen-bond donors (Lipinski definition) is 1. The standard InChI is InChI=1S/C14H19N3O3/c1-20-10-3-5-13(17(18)19)14(6-10)16-7-9-2-4-12(15)11(9)8-16/h3,5-6,9,11-12H,2,4,7-8,15H2,1H3. The van der Waals surface area contributed by atoms with Crippen LogP contribution >= 0.6 is 0 Å². The smallest absolute Gasteiger partial charge is 0.292 e. The Morgan fingerprint density at radius 3 is 2.85 bits per heavy atom. The van der Waals surface area contributed by atoms with E-state index >= 15 is 0 Å². The van der Waals surface area contributed by atoms with E-state index in [1.54, 1.807) is 19.2 Å². The predicted molar refractivity (Wildman–Crippen MR) is 76.1 cm³/mol. The molecule has 0 radical (unpaired) electrons. The van der Waals surface area contributed by atoms with Gasteiger partial charge in [0.2, 0.25) is 0 Å². The van der Waals surface area contributed by atoms with Gasteiger partial charge in [-0.2, -0.15) is 0 Å². The van der Waals surface area contributed by atoms with Gasteiger partial charge in [-0.1, -0.05) is 0 Å². The number of ether oxygens (including phenoxy) is 1. The third-order valence-corrected chi connectivity index (χ3v) is 4.63. The fraction of sp³-hybridized carbons (Fsp3) is 0.571. The Kier molecular flexibility index (Phi) is 3.25. The van der Waals surface area contributed by atoms with Gasteiger partial charge < -0.3 is 15.4 Å². The van der Waals surface area contributed by atoms with Gasteiger partial charge >= 0.3 is 0 Å². The largest absolute Gasteiger partial charge is 0.497 e. The third-order valence-electron chi connectivity index (χ3n) is 4.63. The zero-order chi connectivity index (χ0) is 14.3. The van der Waals surface area contributed by atoms with E-state index in [1.165, 1.54) is 6.07 Å². The maximum Gasteiger partial charge on any atom is 0.292 e. The molecule has 108 valence electrons. The van der Waals surface area contributed by atoms with E-state index in [1.807, 2.05) is 0 Å². The Labute approximate surface area is 117 Å². The first kappa shape index (κ1) is 13.2. The summed E-state index contributed by atoms with van der Waals surface area (Å²) in [5.41, 5.74) is 6.92. The number of anilines is 1. The molecule has 3 unspecified atom stereocenters. The molecule has 1 saturated heterocycles. The molecule has 1 aliphatic carbocycles. The first-order valence-electron chi connectivity index (χ1n) is 6.93. The molecule has 3 atom stereocenters. The molecule has 2 aliphatic rings. The van der Waals surface area contributed by atoms with Crippen molar-refractivity contribution in [2.24, 2.45) is 17.6 Å². The minimum atomic E-state index is -0.331. The molecule has 1 heterocycles. The van der Waals surface area contributed by atoms with E-state index in [0.717, 1.165) is 25.9 Å². The highest BCUT2D eigenvalue weighted by Gasteiger charge is 2.42. The highest BCUT2D eigenvalue weighted by atomic mass is 16.6. The first-order valence-corrected chi connectivity index (χ1v) is 6.93. The highest BCUT2D eigenvalue weighted by molar-refractivity contribution is 5.66. The van der Waals surface area contributed by atoms with Crippen molar-refractivity contribution in [2.75, 3.05) is 25.1 Å². The normalized spacial score (nSPS) is 28.5. The van der Waals surface area contributed by atoms with Gasteiger partial charge in [-0.3, -0.25) is 10.1 Å². The fourth-order valence-corrected chi connectivity index (χ4v) is 3.54. The summed E-state index contributed by atoms with van der Waals surface area (Å²) in [5, 5.41) is 11.2. The van der Waals surface area contributed by atoms with Crippen molar-refractivity contribution >= 4 is 11.4 Å². The molecule has 3 rings (SSSR count). The second-order valence-electron chi connectivity index (χ2n) is 5.68. The number of fused-ring (bicyclic) bond motifs is 1. The Morgan fingerprint density at radius 1 is 1.40 bits per heavy atom. The van der Waals surface area contributed by atoms with Gasteiger partial charge in [0.25, 0.3) is 5.69 Å². The molecular formula is C14H19N3O3. The number of rotatable bonds is 3. The fourth-order valence-electron chi connectivity index (χ4n) is 3.54. The Bertz CT molecular complexity index is 534. The van der Waals surface area contributed by atoms with Crippen LogP contribution in [0.1, 0.15) is 12.8 Å². The minimum absolute atomic E-state index is 0.138. The summed E-state index contributed by atoms with van der Waals surface area (Å²) >= 11 is 0. The zero-order valence-electron chi connectivity index (χ0n) is 11.5. The topological polar surface area (TPSA) is 81.6 Å². The molecule has 20 heavy (non-hydrogen) atoms. The van der Waals surface area contributed by atoms with Gasteiger partial charge in [0.05, 0.1) is 12.0 Å². The predicted octanol–water partition coefficient (Wildman–Crippen LogP) is 1.78. The van der Waals surface area contributed by atoms with Crippen LogP contribution in [0.25, 0.3) is 0 Å². The monoisotopic (exact) mass is 277 g/mol. The summed E-state index contributed by atoms with van der Waals surface area (Å²) < 4.78 is 5.19. The van der Waals surface area contributed by atoms with E-state index in [9.17, 15) is 10.1 Å². The summed E-state index contributed by atoms with van der Waals surface area (Å²) in [7, 11) is 1.57. The van der Waals surface area contributed by atoms with Crippen LogP contribution in [0, 0.1) is 22.0 Å². The molecule has 1 aromatic carbocycles. The van der Waals surface area contributed by atoms with Crippen LogP contribution in [0.2, 0.25) is 0 Å². The van der Waals surface area contributed by atoms with Crippen LogP contribution in [-0.4, -0.2) is 31.2 Å². The Balaban J connectivity index is 1.91. The lowest BCUT2D eigenvalue weighted by atomic mass is 9.98. The van der Waals surface area contributed by atoms with Crippen molar-refractivity contribution in [1.29, 1.82) is 0 Å². The first-order chi connectivity index (χ1) is 9.60. The number of nitrogens with two attached hydrogens (primary N) is 1. The number of nitrogens with zero attached hydrogens (tertiary/aromatic N) is 2. The average molecular weight is 277 g/mol. The quantitative estimate of drug-likeness (QED) is 0.672. The van der Waals surface area contributed by atoms with Crippen LogP contribution < -0.4 is 15.4 Å². The van der Waals surface area contributed by atoms with Crippen molar-refractivity contribution in [2.45, 2.75) is 18.9 Å². The van der Waals surface area contributed by atoms with Crippen LogP contribution in [0.5, 0.6) is 5.75 Å². The van der Waals surface area contributed by atoms with Crippen LogP contribution in [0.4, 0.5) is 11.4 Å². The molecule has 0 spiro atoms. The second kappa shape index (κ2) is 4.94. The van der Waals surface area contributed by atoms with Crippen LogP contribution in [0.15, 0.2) is 18.2 Å². The van der Waals surface area contributed by atoms with Gasteiger partial charge in [-0.25, -0.2) is 0 Å². The lowest BCUT2D eigenvalue weighted by Gasteiger charge is -2.21. The van der Waals surface area contributed by atoms with Gasteiger partial charge in [-0.15, -0.1) is 0 Å². The lowest BCUT2D eigenvalue weighted by Crippen LogP contribution is -2.30. The highest BCUT2D eigenvalue weighted by Crippen LogP contribution is 2.42. The van der Waals surface area contributed by atoms with E-state index in [4.69, 9.17) is 10.5 Å². The molecule has 0 aromatic heterocycles. The number of hydrogen-bond acceptors (Lipinski definition) is 5. The number of nitro groups is 1. The number of benzene rings is 1. The molecule has 6 nitrogen and oxygen atoms in total. The maximum absolute atomic E-state index is 11.2. The summed E-state index contributed by atoms with van der Waals surface area (Å²) in [4.78, 5) is 13.0. The summed E-state index contributed by atoms with van der Waals surface area (Å²) in [6, 6.07) is 5.13. The Morgan fingerprint density at radius 2 is 2.20 bits per heavy atom.